The second-order valence-electron chi connectivity index (χ2n) is 1.83. The lowest BCUT2D eigenvalue weighted by molar-refractivity contribution is 0.386. The molecule has 0 aromatic carbocycles. The van der Waals surface area contributed by atoms with Gasteiger partial charge in [0, 0.05) is 0 Å². The number of rotatable bonds is 1. The van der Waals surface area contributed by atoms with E-state index in [1.54, 1.807) is 13.8 Å². The van der Waals surface area contributed by atoms with Crippen LogP contribution < -0.4 is 0 Å². The van der Waals surface area contributed by atoms with Crippen LogP contribution in [0.25, 0.3) is 0 Å². The van der Waals surface area contributed by atoms with Gasteiger partial charge in [-0.25, -0.2) is 4.39 Å². The molecule has 0 aromatic heterocycles. The summed E-state index contributed by atoms with van der Waals surface area (Å²) < 4.78 is 34.3. The quantitative estimate of drug-likeness (QED) is 0.486. The van der Waals surface area contributed by atoms with E-state index in [9.17, 15) is 13.2 Å². The van der Waals surface area contributed by atoms with E-state index in [-0.39, 0.29) is 0 Å². The summed E-state index contributed by atoms with van der Waals surface area (Å²) in [7, 11) is 0. The van der Waals surface area contributed by atoms with E-state index in [0.29, 0.717) is 5.57 Å². The van der Waals surface area contributed by atoms with Gasteiger partial charge in [0.1, 0.15) is 0 Å². The Hall–Kier alpha value is -0.730. The standard InChI is InChI=1S/C6H7F3/c1-4(2)3-5(7)6(8)9/h3H,1-2H3. The van der Waals surface area contributed by atoms with Crippen LogP contribution in [0.4, 0.5) is 13.2 Å². The molecule has 0 rings (SSSR count). The fraction of sp³-hybridized carbons (Fsp3) is 0.333. The highest BCUT2D eigenvalue weighted by Crippen LogP contribution is 2.11. The maximum absolute atomic E-state index is 11.8. The van der Waals surface area contributed by atoms with Gasteiger partial charge in [0.25, 0.3) is 0 Å². The first-order chi connectivity index (χ1) is 4.04. The molecule has 0 aliphatic heterocycles. The molecule has 3 heteroatoms. The Labute approximate surface area is 51.7 Å². The third-order valence-electron chi connectivity index (χ3n) is 0.596. The average Bonchev–Trinajstić information content (AvgIpc) is 1.63. The van der Waals surface area contributed by atoms with Crippen molar-refractivity contribution >= 4 is 0 Å². The highest BCUT2D eigenvalue weighted by atomic mass is 19.3. The molecule has 0 fully saturated rings. The molecule has 0 saturated carbocycles. The smallest absolute Gasteiger partial charge is 0.201 e. The van der Waals surface area contributed by atoms with Gasteiger partial charge in [0.05, 0.1) is 0 Å². The summed E-state index contributed by atoms with van der Waals surface area (Å²) in [6, 6.07) is 0. The average molecular weight is 136 g/mol. The molecular formula is C6H7F3. The Kier molecular flexibility index (Phi) is 3.06. The van der Waals surface area contributed by atoms with Crippen LogP contribution in [0, 0.1) is 0 Å². The van der Waals surface area contributed by atoms with Crippen LogP contribution in [-0.2, 0) is 0 Å². The first-order valence-corrected chi connectivity index (χ1v) is 2.39. The normalized spacial score (nSPS) is 8.56. The molecule has 0 unspecified atom stereocenters. The van der Waals surface area contributed by atoms with Crippen LogP contribution in [-0.4, -0.2) is 0 Å². The van der Waals surface area contributed by atoms with Crippen molar-refractivity contribution in [3.05, 3.63) is 23.6 Å². The monoisotopic (exact) mass is 136 g/mol. The van der Waals surface area contributed by atoms with Crippen LogP contribution in [0.15, 0.2) is 23.6 Å². The second-order valence-corrected chi connectivity index (χ2v) is 1.83. The number of hydrogen-bond donors (Lipinski definition) is 0. The van der Waals surface area contributed by atoms with E-state index in [1.165, 1.54) is 0 Å². The van der Waals surface area contributed by atoms with Gasteiger partial charge >= 0.3 is 6.08 Å². The lowest BCUT2D eigenvalue weighted by atomic mass is 10.3. The van der Waals surface area contributed by atoms with Gasteiger partial charge < -0.3 is 0 Å². The summed E-state index contributed by atoms with van der Waals surface area (Å²) in [5.74, 6) is -1.45. The maximum Gasteiger partial charge on any atom is 0.305 e. The Morgan fingerprint density at radius 1 is 1.11 bits per heavy atom. The molecule has 0 nitrogen and oxygen atoms in total. The lowest BCUT2D eigenvalue weighted by Crippen LogP contribution is -1.70. The van der Waals surface area contributed by atoms with Crippen LogP contribution in [0.3, 0.4) is 0 Å². The Bertz CT molecular complexity index is 148. The summed E-state index contributed by atoms with van der Waals surface area (Å²) in [4.78, 5) is 0. The summed E-state index contributed by atoms with van der Waals surface area (Å²) in [6.07, 6.45) is -1.48. The van der Waals surface area contributed by atoms with Gasteiger partial charge in [0.15, 0.2) is 5.83 Å². The van der Waals surface area contributed by atoms with Crippen molar-refractivity contribution in [1.82, 2.24) is 0 Å². The molecule has 0 radical (unpaired) electrons. The number of allylic oxidation sites excluding steroid dienone is 3. The van der Waals surface area contributed by atoms with Crippen molar-refractivity contribution in [3.8, 4) is 0 Å². The molecule has 0 aromatic rings. The largest absolute Gasteiger partial charge is 0.305 e. The molecule has 0 amide bonds. The maximum atomic E-state index is 11.8. The fourth-order valence-corrected chi connectivity index (χ4v) is 0.308. The highest BCUT2D eigenvalue weighted by Gasteiger charge is 1.98. The molecule has 0 atom stereocenters. The van der Waals surface area contributed by atoms with Crippen LogP contribution in [0.5, 0.6) is 0 Å². The van der Waals surface area contributed by atoms with Crippen LogP contribution >= 0.6 is 0 Å². The van der Waals surface area contributed by atoms with E-state index in [2.05, 4.69) is 0 Å². The third kappa shape index (κ3) is 3.82. The number of hydrogen-bond acceptors (Lipinski definition) is 0. The van der Waals surface area contributed by atoms with E-state index in [4.69, 9.17) is 0 Å². The first-order valence-electron chi connectivity index (χ1n) is 2.39. The fourth-order valence-electron chi connectivity index (χ4n) is 0.308. The zero-order chi connectivity index (χ0) is 7.44. The summed E-state index contributed by atoms with van der Waals surface area (Å²) in [5.41, 5.74) is 0.514. The van der Waals surface area contributed by atoms with Gasteiger partial charge in [-0.3, -0.25) is 0 Å². The van der Waals surface area contributed by atoms with Crippen molar-refractivity contribution in [3.63, 3.8) is 0 Å². The minimum Gasteiger partial charge on any atom is -0.201 e. The molecule has 0 aliphatic rings. The van der Waals surface area contributed by atoms with Gasteiger partial charge in [0.2, 0.25) is 0 Å². The van der Waals surface area contributed by atoms with Crippen molar-refractivity contribution in [2.75, 3.05) is 0 Å². The van der Waals surface area contributed by atoms with E-state index in [0.717, 1.165) is 6.08 Å². The molecule has 52 valence electrons. The zero-order valence-corrected chi connectivity index (χ0v) is 5.21. The van der Waals surface area contributed by atoms with Crippen LogP contribution in [0.1, 0.15) is 13.8 Å². The number of halogens is 3. The molecule has 0 aliphatic carbocycles. The lowest BCUT2D eigenvalue weighted by Gasteiger charge is -1.85. The van der Waals surface area contributed by atoms with Crippen LogP contribution in [0.2, 0.25) is 0 Å². The molecule has 0 heterocycles. The van der Waals surface area contributed by atoms with Crippen molar-refractivity contribution in [1.29, 1.82) is 0 Å². The van der Waals surface area contributed by atoms with Crippen molar-refractivity contribution < 1.29 is 13.2 Å². The summed E-state index contributed by atoms with van der Waals surface area (Å²) in [6.45, 7) is 3.09. The molecular weight excluding hydrogens is 129 g/mol. The molecule has 0 N–H and O–H groups in total. The topological polar surface area (TPSA) is 0 Å². The van der Waals surface area contributed by atoms with E-state index in [1.807, 2.05) is 0 Å². The van der Waals surface area contributed by atoms with Crippen molar-refractivity contribution in [2.45, 2.75) is 13.8 Å². The Morgan fingerprint density at radius 3 is 1.67 bits per heavy atom. The molecule has 0 spiro atoms. The predicted molar refractivity (Wildman–Crippen MR) is 29.8 cm³/mol. The van der Waals surface area contributed by atoms with E-state index >= 15 is 0 Å². The predicted octanol–water partition coefficient (Wildman–Crippen LogP) is 3.03. The summed E-state index contributed by atoms with van der Waals surface area (Å²) >= 11 is 0. The van der Waals surface area contributed by atoms with Gasteiger partial charge in [-0.2, -0.15) is 8.78 Å². The first kappa shape index (κ1) is 8.27. The molecule has 0 bridgehead atoms. The third-order valence-corrected chi connectivity index (χ3v) is 0.596. The Balaban J connectivity index is 4.25. The zero-order valence-electron chi connectivity index (χ0n) is 5.21. The summed E-state index contributed by atoms with van der Waals surface area (Å²) in [5, 5.41) is 0. The SMILES string of the molecule is CC(C)=CC(F)=C(F)F. The second kappa shape index (κ2) is 3.33. The van der Waals surface area contributed by atoms with Crippen molar-refractivity contribution in [2.24, 2.45) is 0 Å². The van der Waals surface area contributed by atoms with E-state index < -0.39 is 11.9 Å². The minimum atomic E-state index is -2.27. The molecule has 9 heavy (non-hydrogen) atoms. The van der Waals surface area contributed by atoms with Gasteiger partial charge in [-0.1, -0.05) is 5.57 Å². The molecule has 0 saturated heterocycles. The highest BCUT2D eigenvalue weighted by molar-refractivity contribution is 5.15. The van der Waals surface area contributed by atoms with Gasteiger partial charge in [-0.05, 0) is 19.9 Å². The Morgan fingerprint density at radius 2 is 1.56 bits per heavy atom. The minimum absolute atomic E-state index is 0.514. The van der Waals surface area contributed by atoms with Gasteiger partial charge in [-0.15, -0.1) is 0 Å².